The average molecular weight is 344 g/mol. The highest BCUT2D eigenvalue weighted by Gasteiger charge is 2.30. The molecule has 7 heteroatoms. The van der Waals surface area contributed by atoms with Crippen LogP contribution in [0.1, 0.15) is 22.5 Å². The van der Waals surface area contributed by atoms with Crippen molar-refractivity contribution < 1.29 is 4.79 Å². The van der Waals surface area contributed by atoms with E-state index in [1.165, 1.54) is 11.3 Å². The Morgan fingerprint density at radius 1 is 1.39 bits per heavy atom. The topological polar surface area (TPSA) is 51.0 Å². The molecule has 1 aliphatic heterocycles. The van der Waals surface area contributed by atoms with Gasteiger partial charge in [-0.2, -0.15) is 5.10 Å². The van der Waals surface area contributed by atoms with Gasteiger partial charge in [0.15, 0.2) is 0 Å². The van der Waals surface area contributed by atoms with Crippen molar-refractivity contribution in [3.05, 3.63) is 47.0 Å². The first-order chi connectivity index (χ1) is 11.3. The quantitative estimate of drug-likeness (QED) is 0.729. The summed E-state index contributed by atoms with van der Waals surface area (Å²) in [6, 6.07) is 6.17. The predicted octanol–water partition coefficient (Wildman–Crippen LogP) is 3.37. The van der Waals surface area contributed by atoms with Gasteiger partial charge in [0, 0.05) is 18.9 Å². The number of aromatic nitrogens is 3. The van der Waals surface area contributed by atoms with Gasteiger partial charge in [0.25, 0.3) is 5.91 Å². The zero-order chi connectivity index (χ0) is 15.6. The highest BCUT2D eigenvalue weighted by atomic mass is 32.1. The standard InChI is InChI=1S/C16H16N4OS2/c21-16(14-10-17-15(23-14)13-5-2-9-22-13)20-8-1-4-12(20)11-19-7-3-6-18-19/h2-3,5-7,9-10,12H,1,4,8,11H2/t12-/m1/s1. The minimum Gasteiger partial charge on any atom is -0.333 e. The van der Waals surface area contributed by atoms with Crippen LogP contribution in [-0.2, 0) is 6.54 Å². The molecule has 3 aromatic heterocycles. The molecule has 0 saturated carbocycles. The Morgan fingerprint density at radius 3 is 3.13 bits per heavy atom. The maximum atomic E-state index is 12.8. The second-order valence-corrected chi connectivity index (χ2v) is 7.51. The lowest BCUT2D eigenvalue weighted by molar-refractivity contribution is 0.0726. The highest BCUT2D eigenvalue weighted by molar-refractivity contribution is 7.21. The molecule has 0 spiro atoms. The summed E-state index contributed by atoms with van der Waals surface area (Å²) in [7, 11) is 0. The first-order valence-electron chi connectivity index (χ1n) is 7.59. The summed E-state index contributed by atoms with van der Waals surface area (Å²) in [6.45, 7) is 1.58. The number of likely N-dealkylation sites (tertiary alicyclic amines) is 1. The number of hydrogen-bond acceptors (Lipinski definition) is 5. The van der Waals surface area contributed by atoms with E-state index in [9.17, 15) is 4.79 Å². The van der Waals surface area contributed by atoms with Crippen molar-refractivity contribution in [2.75, 3.05) is 6.54 Å². The molecule has 0 aliphatic carbocycles. The van der Waals surface area contributed by atoms with Gasteiger partial charge in [0.05, 0.1) is 23.7 Å². The maximum Gasteiger partial charge on any atom is 0.265 e. The Hall–Kier alpha value is -1.99. The van der Waals surface area contributed by atoms with Crippen molar-refractivity contribution in [1.29, 1.82) is 0 Å². The van der Waals surface area contributed by atoms with E-state index in [-0.39, 0.29) is 11.9 Å². The SMILES string of the molecule is O=C(c1cnc(-c2cccs2)s1)N1CCC[C@@H]1Cn1cccn1. The summed E-state index contributed by atoms with van der Waals surface area (Å²) in [5.74, 6) is 0.0972. The van der Waals surface area contributed by atoms with Crippen molar-refractivity contribution in [2.45, 2.75) is 25.4 Å². The average Bonchev–Trinajstić information content (AvgIpc) is 3.33. The van der Waals surface area contributed by atoms with Crippen LogP contribution in [0.25, 0.3) is 9.88 Å². The Labute approximate surface area is 142 Å². The van der Waals surface area contributed by atoms with Gasteiger partial charge in [-0.15, -0.1) is 22.7 Å². The molecule has 0 bridgehead atoms. The first-order valence-corrected chi connectivity index (χ1v) is 9.29. The van der Waals surface area contributed by atoms with E-state index in [4.69, 9.17) is 0 Å². The summed E-state index contributed by atoms with van der Waals surface area (Å²) in [4.78, 5) is 21.1. The van der Waals surface area contributed by atoms with Gasteiger partial charge < -0.3 is 4.90 Å². The Kier molecular flexibility index (Phi) is 3.97. The third kappa shape index (κ3) is 2.94. The smallest absolute Gasteiger partial charge is 0.265 e. The van der Waals surface area contributed by atoms with Crippen LogP contribution >= 0.6 is 22.7 Å². The molecule has 3 aromatic rings. The van der Waals surface area contributed by atoms with Gasteiger partial charge in [0.1, 0.15) is 9.88 Å². The monoisotopic (exact) mass is 344 g/mol. The Balaban J connectivity index is 1.51. The zero-order valence-electron chi connectivity index (χ0n) is 12.5. The second kappa shape index (κ2) is 6.25. The number of thiophene rings is 1. The lowest BCUT2D eigenvalue weighted by atomic mass is 10.2. The number of carbonyl (C=O) groups excluding carboxylic acids is 1. The normalized spacial score (nSPS) is 17.7. The lowest BCUT2D eigenvalue weighted by Crippen LogP contribution is -2.37. The molecule has 1 atom stereocenters. The molecule has 4 heterocycles. The fourth-order valence-electron chi connectivity index (χ4n) is 2.95. The van der Waals surface area contributed by atoms with Crippen molar-refractivity contribution in [3.63, 3.8) is 0 Å². The van der Waals surface area contributed by atoms with Crippen molar-refractivity contribution in [1.82, 2.24) is 19.7 Å². The molecule has 0 radical (unpaired) electrons. The van der Waals surface area contributed by atoms with E-state index in [0.717, 1.165) is 40.7 Å². The van der Waals surface area contributed by atoms with Gasteiger partial charge in [-0.3, -0.25) is 9.48 Å². The third-order valence-corrected chi connectivity index (χ3v) is 6.07. The molecule has 1 fully saturated rings. The van der Waals surface area contributed by atoms with Crippen molar-refractivity contribution >= 4 is 28.6 Å². The van der Waals surface area contributed by atoms with E-state index in [1.54, 1.807) is 23.7 Å². The van der Waals surface area contributed by atoms with Gasteiger partial charge in [0.2, 0.25) is 0 Å². The summed E-state index contributed by atoms with van der Waals surface area (Å²) >= 11 is 3.13. The number of rotatable bonds is 4. The molecule has 0 aromatic carbocycles. The molecule has 1 amide bonds. The number of thiazole rings is 1. The summed E-state index contributed by atoms with van der Waals surface area (Å²) < 4.78 is 1.90. The van der Waals surface area contributed by atoms with Gasteiger partial charge in [-0.05, 0) is 30.4 Å². The minimum absolute atomic E-state index is 0.0972. The van der Waals surface area contributed by atoms with E-state index in [0.29, 0.717) is 0 Å². The summed E-state index contributed by atoms with van der Waals surface area (Å²) in [6.07, 6.45) is 7.52. The zero-order valence-corrected chi connectivity index (χ0v) is 14.1. The molecule has 1 aliphatic rings. The second-order valence-electron chi connectivity index (χ2n) is 5.53. The van der Waals surface area contributed by atoms with Crippen LogP contribution in [-0.4, -0.2) is 38.2 Å². The largest absolute Gasteiger partial charge is 0.333 e. The molecular formula is C16H16N4OS2. The van der Waals surface area contributed by atoms with Crippen LogP contribution in [0.5, 0.6) is 0 Å². The fraction of sp³-hybridized carbons (Fsp3) is 0.312. The van der Waals surface area contributed by atoms with Crippen molar-refractivity contribution in [3.8, 4) is 9.88 Å². The van der Waals surface area contributed by atoms with Gasteiger partial charge >= 0.3 is 0 Å². The highest BCUT2D eigenvalue weighted by Crippen LogP contribution is 2.30. The lowest BCUT2D eigenvalue weighted by Gasteiger charge is -2.24. The number of nitrogens with zero attached hydrogens (tertiary/aromatic N) is 4. The number of hydrogen-bond donors (Lipinski definition) is 0. The molecular weight excluding hydrogens is 328 g/mol. The van der Waals surface area contributed by atoms with Crippen LogP contribution in [0.4, 0.5) is 0 Å². The molecule has 4 rings (SSSR count). The van der Waals surface area contributed by atoms with Crippen LogP contribution in [0, 0.1) is 0 Å². The Bertz CT molecular complexity index is 779. The van der Waals surface area contributed by atoms with Crippen LogP contribution < -0.4 is 0 Å². The summed E-state index contributed by atoms with van der Waals surface area (Å²) in [5.41, 5.74) is 0. The molecule has 0 unspecified atom stereocenters. The Morgan fingerprint density at radius 2 is 2.35 bits per heavy atom. The van der Waals surface area contributed by atoms with Crippen LogP contribution in [0.2, 0.25) is 0 Å². The maximum absolute atomic E-state index is 12.8. The third-order valence-electron chi connectivity index (χ3n) is 4.04. The molecule has 118 valence electrons. The van der Waals surface area contributed by atoms with Crippen molar-refractivity contribution in [2.24, 2.45) is 0 Å². The summed E-state index contributed by atoms with van der Waals surface area (Å²) in [5, 5.41) is 7.20. The van der Waals surface area contributed by atoms with Crippen LogP contribution in [0.15, 0.2) is 42.2 Å². The van der Waals surface area contributed by atoms with Crippen LogP contribution in [0.3, 0.4) is 0 Å². The first kappa shape index (κ1) is 14.6. The minimum atomic E-state index is 0.0972. The fourth-order valence-corrected chi connectivity index (χ4v) is 4.62. The van der Waals surface area contributed by atoms with E-state index in [2.05, 4.69) is 10.1 Å². The molecule has 1 saturated heterocycles. The molecule has 5 nitrogen and oxygen atoms in total. The van der Waals surface area contributed by atoms with E-state index >= 15 is 0 Å². The van der Waals surface area contributed by atoms with Gasteiger partial charge in [-0.25, -0.2) is 4.98 Å². The van der Waals surface area contributed by atoms with E-state index < -0.39 is 0 Å². The predicted molar refractivity (Wildman–Crippen MR) is 91.7 cm³/mol. The van der Waals surface area contributed by atoms with Gasteiger partial charge in [-0.1, -0.05) is 6.07 Å². The molecule has 0 N–H and O–H groups in total. The molecule has 23 heavy (non-hydrogen) atoms. The number of amides is 1. The van der Waals surface area contributed by atoms with E-state index in [1.807, 2.05) is 39.4 Å². The number of carbonyl (C=O) groups is 1.